The van der Waals surface area contributed by atoms with Gasteiger partial charge in [-0.15, -0.1) is 11.8 Å². The van der Waals surface area contributed by atoms with E-state index in [1.54, 1.807) is 0 Å². The Labute approximate surface area is 206 Å². The van der Waals surface area contributed by atoms with Crippen molar-refractivity contribution >= 4 is 29.3 Å². The van der Waals surface area contributed by atoms with Crippen LogP contribution >= 0.6 is 23.4 Å². The molecule has 13 heteroatoms. The summed E-state index contributed by atoms with van der Waals surface area (Å²) in [6.45, 7) is 3.26. The molecule has 0 saturated carbocycles. The first-order valence-corrected chi connectivity index (χ1v) is 11.9. The molecule has 2 unspecified atom stereocenters. The molecule has 0 amide bonds. The van der Waals surface area contributed by atoms with Crippen molar-refractivity contribution in [3.63, 3.8) is 0 Å². The molecule has 3 rings (SSSR count). The van der Waals surface area contributed by atoms with Gasteiger partial charge in [0.05, 0.1) is 16.8 Å². The van der Waals surface area contributed by atoms with Crippen LogP contribution in [0.2, 0.25) is 5.02 Å². The van der Waals surface area contributed by atoms with Crippen LogP contribution in [0.4, 0.5) is 17.6 Å². The Morgan fingerprint density at radius 3 is 2.49 bits per heavy atom. The van der Waals surface area contributed by atoms with Crippen molar-refractivity contribution in [1.29, 1.82) is 0 Å². The molecule has 0 radical (unpaired) electrons. The number of carbonyl (C=O) groups is 1. The van der Waals surface area contributed by atoms with Crippen molar-refractivity contribution in [2.24, 2.45) is 7.05 Å². The lowest BCUT2D eigenvalue weighted by Gasteiger charge is -2.27. The van der Waals surface area contributed by atoms with E-state index < -0.39 is 50.9 Å². The van der Waals surface area contributed by atoms with Crippen molar-refractivity contribution < 1.29 is 32.2 Å². The molecule has 2 atom stereocenters. The van der Waals surface area contributed by atoms with Crippen LogP contribution < -0.4 is 11.2 Å². The average molecular weight is 539 g/mol. The monoisotopic (exact) mass is 538 g/mol. The molecule has 1 aliphatic rings. The second-order valence-corrected chi connectivity index (χ2v) is 10.3. The van der Waals surface area contributed by atoms with E-state index in [2.05, 4.69) is 0 Å². The lowest BCUT2D eigenvalue weighted by Crippen LogP contribution is -2.44. The quantitative estimate of drug-likeness (QED) is 0.415. The Morgan fingerprint density at radius 1 is 1.31 bits per heavy atom. The van der Waals surface area contributed by atoms with Crippen LogP contribution in [0.25, 0.3) is 5.69 Å². The van der Waals surface area contributed by atoms with E-state index in [1.165, 1.54) is 13.8 Å². The smallest absolute Gasteiger partial charge is 0.432 e. The molecule has 0 spiro atoms. The normalized spacial score (nSPS) is 18.0. The molecule has 1 aromatic carbocycles. The number of carboxylic acid groups (broad SMARTS) is 1. The lowest BCUT2D eigenvalue weighted by molar-refractivity contribution is -0.144. The molecule has 1 saturated heterocycles. The molecule has 1 aliphatic heterocycles. The van der Waals surface area contributed by atoms with E-state index in [1.807, 2.05) is 0 Å². The van der Waals surface area contributed by atoms with Crippen LogP contribution in [-0.4, -0.2) is 37.7 Å². The van der Waals surface area contributed by atoms with Crippen molar-refractivity contribution in [2.45, 2.75) is 61.5 Å². The number of alkyl halides is 3. The van der Waals surface area contributed by atoms with Gasteiger partial charge in [-0.25, -0.2) is 13.8 Å². The summed E-state index contributed by atoms with van der Waals surface area (Å²) in [5.74, 6) is -2.31. The van der Waals surface area contributed by atoms with Gasteiger partial charge in [-0.1, -0.05) is 18.5 Å². The zero-order chi connectivity index (χ0) is 26.3. The number of ether oxygens (including phenoxy) is 1. The number of hydrogen-bond donors (Lipinski definition) is 1. The van der Waals surface area contributed by atoms with E-state index in [-0.39, 0.29) is 33.4 Å². The van der Waals surface area contributed by atoms with Gasteiger partial charge in [0.2, 0.25) is 0 Å². The first-order valence-electron chi connectivity index (χ1n) is 10.7. The van der Waals surface area contributed by atoms with Gasteiger partial charge in [-0.2, -0.15) is 13.2 Å². The topological polar surface area (TPSA) is 90.5 Å². The second-order valence-electron chi connectivity index (χ2n) is 8.37. The number of thioether (sulfide) groups is 1. The highest BCUT2D eigenvalue weighted by atomic mass is 35.5. The lowest BCUT2D eigenvalue weighted by atomic mass is 10.0. The molecule has 1 aromatic heterocycles. The number of aliphatic carboxylic acids is 1. The van der Waals surface area contributed by atoms with E-state index in [9.17, 15) is 37.1 Å². The SMILES string of the molecule is CCc1c(C(F)(F)F)n(C)c(=O)n(-c2cc(SC(C)(CC3CCCO3)C(=O)O)c(Cl)cc2F)c1=O. The summed E-state index contributed by atoms with van der Waals surface area (Å²) in [4.78, 5) is 37.9. The van der Waals surface area contributed by atoms with Gasteiger partial charge in [-0.3, -0.25) is 14.2 Å². The van der Waals surface area contributed by atoms with E-state index in [0.717, 1.165) is 37.4 Å². The summed E-state index contributed by atoms with van der Waals surface area (Å²) in [5, 5.41) is 9.70. The minimum atomic E-state index is -4.98. The van der Waals surface area contributed by atoms with E-state index in [0.29, 0.717) is 17.6 Å². The van der Waals surface area contributed by atoms with Gasteiger partial charge >= 0.3 is 17.8 Å². The van der Waals surface area contributed by atoms with Crippen LogP contribution in [0.15, 0.2) is 26.6 Å². The number of nitrogens with zero attached hydrogens (tertiary/aromatic N) is 2. The maximum atomic E-state index is 14.9. The second kappa shape index (κ2) is 9.98. The number of hydrogen-bond acceptors (Lipinski definition) is 5. The first-order chi connectivity index (χ1) is 16.2. The molecule has 7 nitrogen and oxygen atoms in total. The summed E-state index contributed by atoms with van der Waals surface area (Å²) >= 11 is 6.95. The molecule has 2 heterocycles. The fourth-order valence-corrected chi connectivity index (χ4v) is 5.52. The molecule has 2 aromatic rings. The zero-order valence-electron chi connectivity index (χ0n) is 19.0. The number of rotatable bonds is 7. The standard InChI is InChI=1S/C22H23ClF4N2O5S/c1-4-12-17(22(25,26)27)28(3)20(33)29(18(12)30)15-9-16(13(23)8-14(15)24)35-21(2,19(31)32)10-11-6-5-7-34-11/h8-9,11H,4-7,10H2,1-3H3,(H,31,32). The maximum absolute atomic E-state index is 14.9. The van der Waals surface area contributed by atoms with Gasteiger partial charge in [-0.05, 0) is 44.7 Å². The van der Waals surface area contributed by atoms with E-state index >= 15 is 0 Å². The molecule has 0 bridgehead atoms. The summed E-state index contributed by atoms with van der Waals surface area (Å²) in [5.41, 5.74) is -5.48. The Balaban J connectivity index is 2.18. The molecule has 192 valence electrons. The number of halogens is 5. The van der Waals surface area contributed by atoms with Gasteiger partial charge in [0.25, 0.3) is 5.56 Å². The van der Waals surface area contributed by atoms with Crippen LogP contribution in [0.5, 0.6) is 0 Å². The maximum Gasteiger partial charge on any atom is 0.432 e. The third kappa shape index (κ3) is 5.29. The van der Waals surface area contributed by atoms with Crippen LogP contribution in [0, 0.1) is 5.82 Å². The number of aromatic nitrogens is 2. The highest BCUT2D eigenvalue weighted by Crippen LogP contribution is 2.42. The fourth-order valence-electron chi connectivity index (χ4n) is 4.09. The number of benzene rings is 1. The highest BCUT2D eigenvalue weighted by molar-refractivity contribution is 8.01. The van der Waals surface area contributed by atoms with Crippen LogP contribution in [-0.2, 0) is 29.2 Å². The molecular weight excluding hydrogens is 516 g/mol. The summed E-state index contributed by atoms with van der Waals surface area (Å²) in [6, 6.07) is 1.80. The van der Waals surface area contributed by atoms with Gasteiger partial charge in [0.1, 0.15) is 16.3 Å². The minimum absolute atomic E-state index is 0.0397. The third-order valence-electron chi connectivity index (χ3n) is 5.85. The largest absolute Gasteiger partial charge is 0.480 e. The summed E-state index contributed by atoms with van der Waals surface area (Å²) < 4.78 is 60.2. The Morgan fingerprint density at radius 2 is 1.97 bits per heavy atom. The highest BCUT2D eigenvalue weighted by Gasteiger charge is 2.40. The molecule has 35 heavy (non-hydrogen) atoms. The van der Waals surface area contributed by atoms with Crippen LogP contribution in [0.1, 0.15) is 44.4 Å². The van der Waals surface area contributed by atoms with Crippen molar-refractivity contribution in [2.75, 3.05) is 6.61 Å². The van der Waals surface area contributed by atoms with E-state index in [4.69, 9.17) is 16.3 Å². The zero-order valence-corrected chi connectivity index (χ0v) is 20.6. The molecular formula is C22H23ClF4N2O5S. The third-order valence-corrected chi connectivity index (χ3v) is 7.63. The predicted octanol–water partition coefficient (Wildman–Crippen LogP) is 4.41. The molecule has 0 aliphatic carbocycles. The van der Waals surface area contributed by atoms with Crippen molar-refractivity contribution in [3.05, 3.63) is 55.1 Å². The Kier molecular flexibility index (Phi) is 7.78. The fraction of sp³-hybridized carbons (Fsp3) is 0.500. The Hall–Kier alpha value is -2.31. The summed E-state index contributed by atoms with van der Waals surface area (Å²) in [6.07, 6.45) is -4.09. The van der Waals surface area contributed by atoms with Gasteiger partial charge < -0.3 is 9.84 Å². The predicted molar refractivity (Wildman–Crippen MR) is 122 cm³/mol. The Bertz CT molecular complexity index is 1270. The van der Waals surface area contributed by atoms with Crippen LogP contribution in [0.3, 0.4) is 0 Å². The summed E-state index contributed by atoms with van der Waals surface area (Å²) in [7, 11) is 0.840. The van der Waals surface area contributed by atoms with Crippen molar-refractivity contribution in [3.8, 4) is 5.69 Å². The first kappa shape index (κ1) is 27.3. The minimum Gasteiger partial charge on any atom is -0.480 e. The average Bonchev–Trinajstić information content (AvgIpc) is 3.25. The molecule has 1 fully saturated rings. The van der Waals surface area contributed by atoms with Crippen molar-refractivity contribution in [1.82, 2.24) is 9.13 Å². The van der Waals surface area contributed by atoms with Gasteiger partial charge in [0.15, 0.2) is 0 Å². The van der Waals surface area contributed by atoms with Gasteiger partial charge in [0, 0.05) is 24.1 Å². The molecule has 1 N–H and O–H groups in total. The number of carboxylic acids is 1.